The lowest BCUT2D eigenvalue weighted by Crippen LogP contribution is -2.25. The molecule has 0 bridgehead atoms. The van der Waals surface area contributed by atoms with Crippen molar-refractivity contribution in [3.8, 4) is 5.75 Å². The fraction of sp³-hybridized carbons (Fsp3) is 0.333. The maximum Gasteiger partial charge on any atom is 0.134 e. The van der Waals surface area contributed by atoms with E-state index in [-0.39, 0.29) is 6.10 Å². The summed E-state index contributed by atoms with van der Waals surface area (Å²) in [5, 5.41) is 3.33. The van der Waals surface area contributed by atoms with E-state index in [2.05, 4.69) is 21.4 Å². The van der Waals surface area contributed by atoms with Crippen LogP contribution in [-0.4, -0.2) is 22.6 Å². The lowest BCUT2D eigenvalue weighted by atomic mass is 10.1. The van der Waals surface area contributed by atoms with Gasteiger partial charge in [0, 0.05) is 12.0 Å². The fourth-order valence-electron chi connectivity index (χ4n) is 2.51. The number of ether oxygens (including phenoxy) is 1. The third-order valence-corrected chi connectivity index (χ3v) is 3.54. The van der Waals surface area contributed by atoms with E-state index >= 15 is 0 Å². The number of nitrogens with two attached hydrogens (primary N) is 1. The van der Waals surface area contributed by atoms with Gasteiger partial charge in [0.25, 0.3) is 0 Å². The number of aromatic nitrogens is 2. The minimum atomic E-state index is 0.133. The summed E-state index contributed by atoms with van der Waals surface area (Å²) in [6.07, 6.45) is 3.35. The number of para-hydroxylation sites is 1. The van der Waals surface area contributed by atoms with Crippen molar-refractivity contribution in [1.82, 2.24) is 9.97 Å². The molecule has 2 heterocycles. The normalized spacial score (nSPS) is 16.6. The minimum Gasteiger partial charge on any atom is -0.488 e. The predicted molar refractivity (Wildman–Crippen MR) is 78.9 cm³/mol. The number of nitrogen functional groups attached to an aromatic ring is 1. The quantitative estimate of drug-likeness (QED) is 0.889. The Morgan fingerprint density at radius 3 is 3.00 bits per heavy atom. The third-order valence-electron chi connectivity index (χ3n) is 3.54. The zero-order chi connectivity index (χ0) is 13.9. The van der Waals surface area contributed by atoms with Gasteiger partial charge in [-0.25, -0.2) is 9.97 Å². The Bertz CT molecular complexity index is 590. The number of benzene rings is 1. The molecule has 104 valence electrons. The van der Waals surface area contributed by atoms with Crippen LogP contribution in [0.5, 0.6) is 5.75 Å². The Balaban J connectivity index is 1.66. The first kappa shape index (κ1) is 12.7. The van der Waals surface area contributed by atoms with Crippen LogP contribution in [0.25, 0.3) is 0 Å². The summed E-state index contributed by atoms with van der Waals surface area (Å²) in [4.78, 5) is 8.28. The second-order valence-corrected chi connectivity index (χ2v) is 4.87. The molecule has 5 heteroatoms. The van der Waals surface area contributed by atoms with Gasteiger partial charge in [-0.05, 0) is 18.1 Å². The Morgan fingerprint density at radius 1 is 1.35 bits per heavy atom. The van der Waals surface area contributed by atoms with Crippen LogP contribution < -0.4 is 15.8 Å². The van der Waals surface area contributed by atoms with E-state index in [1.807, 2.05) is 25.1 Å². The summed E-state index contributed by atoms with van der Waals surface area (Å²) in [6, 6.07) is 8.15. The van der Waals surface area contributed by atoms with Crippen LogP contribution in [0.2, 0.25) is 0 Å². The summed E-state index contributed by atoms with van der Waals surface area (Å²) in [5.41, 5.74) is 8.08. The van der Waals surface area contributed by atoms with Crippen LogP contribution in [0.15, 0.2) is 30.6 Å². The van der Waals surface area contributed by atoms with Crippen molar-refractivity contribution in [2.75, 3.05) is 17.6 Å². The van der Waals surface area contributed by atoms with E-state index < -0.39 is 0 Å². The molecule has 1 aliphatic heterocycles. The van der Waals surface area contributed by atoms with Gasteiger partial charge in [-0.3, -0.25) is 0 Å². The van der Waals surface area contributed by atoms with Crippen LogP contribution in [0.3, 0.4) is 0 Å². The minimum absolute atomic E-state index is 0.133. The molecule has 1 aliphatic rings. The van der Waals surface area contributed by atoms with Crippen molar-refractivity contribution in [1.29, 1.82) is 0 Å². The topological polar surface area (TPSA) is 73.1 Å². The van der Waals surface area contributed by atoms with Gasteiger partial charge in [-0.15, -0.1) is 0 Å². The predicted octanol–water partition coefficient (Wildman–Crippen LogP) is 2.04. The van der Waals surface area contributed by atoms with E-state index in [0.29, 0.717) is 12.4 Å². The fourth-order valence-corrected chi connectivity index (χ4v) is 2.51. The summed E-state index contributed by atoms with van der Waals surface area (Å²) in [7, 11) is 0. The number of hydrogen-bond acceptors (Lipinski definition) is 5. The highest BCUT2D eigenvalue weighted by atomic mass is 16.5. The molecule has 3 N–H and O–H groups in total. The average molecular weight is 270 g/mol. The van der Waals surface area contributed by atoms with Crippen molar-refractivity contribution in [2.24, 2.45) is 0 Å². The van der Waals surface area contributed by atoms with E-state index in [0.717, 1.165) is 30.0 Å². The molecule has 0 saturated heterocycles. The van der Waals surface area contributed by atoms with Crippen LogP contribution in [-0.2, 0) is 12.8 Å². The molecular weight excluding hydrogens is 252 g/mol. The molecule has 0 amide bonds. The van der Waals surface area contributed by atoms with Crippen LogP contribution in [0.4, 0.5) is 11.6 Å². The van der Waals surface area contributed by atoms with Gasteiger partial charge in [0.15, 0.2) is 0 Å². The highest BCUT2D eigenvalue weighted by Gasteiger charge is 2.22. The molecule has 1 aromatic carbocycles. The smallest absolute Gasteiger partial charge is 0.134 e. The van der Waals surface area contributed by atoms with E-state index in [9.17, 15) is 0 Å². The Morgan fingerprint density at radius 2 is 2.20 bits per heavy atom. The molecule has 3 rings (SSSR count). The molecular formula is C15H18N4O. The molecule has 1 atom stereocenters. The number of nitrogens with one attached hydrogen (secondary N) is 1. The van der Waals surface area contributed by atoms with Crippen LogP contribution in [0.1, 0.15) is 18.1 Å². The largest absolute Gasteiger partial charge is 0.488 e. The van der Waals surface area contributed by atoms with Gasteiger partial charge in [0.05, 0.1) is 6.54 Å². The zero-order valence-corrected chi connectivity index (χ0v) is 11.5. The van der Waals surface area contributed by atoms with Gasteiger partial charge in [0.2, 0.25) is 0 Å². The number of fused-ring (bicyclic) bond motifs is 1. The first-order chi connectivity index (χ1) is 9.78. The van der Waals surface area contributed by atoms with E-state index in [4.69, 9.17) is 10.5 Å². The number of nitrogens with zero attached hydrogens (tertiary/aromatic N) is 2. The zero-order valence-electron chi connectivity index (χ0n) is 11.5. The van der Waals surface area contributed by atoms with Crippen molar-refractivity contribution in [3.05, 3.63) is 41.7 Å². The molecule has 1 unspecified atom stereocenters. The van der Waals surface area contributed by atoms with Crippen molar-refractivity contribution >= 4 is 11.6 Å². The molecule has 20 heavy (non-hydrogen) atoms. The van der Waals surface area contributed by atoms with Gasteiger partial charge in [-0.1, -0.05) is 25.1 Å². The average Bonchev–Trinajstić information content (AvgIpc) is 2.88. The summed E-state index contributed by atoms with van der Waals surface area (Å²) in [6.45, 7) is 2.75. The van der Waals surface area contributed by atoms with Crippen LogP contribution in [0, 0.1) is 0 Å². The van der Waals surface area contributed by atoms with Crippen molar-refractivity contribution in [2.45, 2.75) is 25.9 Å². The van der Waals surface area contributed by atoms with Crippen LogP contribution >= 0.6 is 0 Å². The Hall–Kier alpha value is -2.30. The number of anilines is 2. The number of rotatable bonds is 4. The maximum atomic E-state index is 5.90. The second kappa shape index (κ2) is 5.36. The van der Waals surface area contributed by atoms with Crippen molar-refractivity contribution in [3.63, 3.8) is 0 Å². The van der Waals surface area contributed by atoms with E-state index in [1.165, 1.54) is 11.9 Å². The number of hydrogen-bond donors (Lipinski definition) is 2. The Kier molecular flexibility index (Phi) is 3.41. The summed E-state index contributed by atoms with van der Waals surface area (Å²) < 4.78 is 5.90. The van der Waals surface area contributed by atoms with Gasteiger partial charge < -0.3 is 15.8 Å². The molecule has 0 saturated carbocycles. The molecule has 0 spiro atoms. The van der Waals surface area contributed by atoms with Gasteiger partial charge in [-0.2, -0.15) is 0 Å². The highest BCUT2D eigenvalue weighted by molar-refractivity contribution is 5.55. The summed E-state index contributed by atoms with van der Waals surface area (Å²) >= 11 is 0. The molecule has 1 aromatic heterocycles. The first-order valence-corrected chi connectivity index (χ1v) is 6.85. The Labute approximate surface area is 118 Å². The molecule has 5 nitrogen and oxygen atoms in total. The molecule has 0 radical (unpaired) electrons. The monoisotopic (exact) mass is 270 g/mol. The standard InChI is InChI=1S/C15H18N4O/c1-2-12-14(16)18-9-19-15(12)17-8-11-7-10-5-3-4-6-13(10)20-11/h3-6,9,11H,2,7-8H2,1H3,(H3,16,17,18,19). The molecule has 0 fully saturated rings. The SMILES string of the molecule is CCc1c(N)ncnc1NCC1Cc2ccccc2O1. The van der Waals surface area contributed by atoms with Gasteiger partial charge >= 0.3 is 0 Å². The lowest BCUT2D eigenvalue weighted by Gasteiger charge is -2.14. The maximum absolute atomic E-state index is 5.90. The highest BCUT2D eigenvalue weighted by Crippen LogP contribution is 2.28. The van der Waals surface area contributed by atoms with Crippen molar-refractivity contribution < 1.29 is 4.74 Å². The van der Waals surface area contributed by atoms with E-state index in [1.54, 1.807) is 0 Å². The molecule has 2 aromatic rings. The molecule has 0 aliphatic carbocycles. The summed E-state index contributed by atoms with van der Waals surface area (Å²) in [5.74, 6) is 2.33. The van der Waals surface area contributed by atoms with Gasteiger partial charge in [0.1, 0.15) is 29.8 Å². The first-order valence-electron chi connectivity index (χ1n) is 6.85. The lowest BCUT2D eigenvalue weighted by molar-refractivity contribution is 0.246. The second-order valence-electron chi connectivity index (χ2n) is 4.87. The third kappa shape index (κ3) is 2.39.